The van der Waals surface area contributed by atoms with Gasteiger partial charge in [-0.05, 0) is 36.8 Å². The second kappa shape index (κ2) is 5.62. The van der Waals surface area contributed by atoms with Gasteiger partial charge in [-0.2, -0.15) is 0 Å². The predicted octanol–water partition coefficient (Wildman–Crippen LogP) is 3.34. The third kappa shape index (κ3) is 2.35. The molecule has 23 heavy (non-hydrogen) atoms. The normalized spacial score (nSPS) is 13.3. The molecule has 2 aromatic rings. The first-order valence-corrected chi connectivity index (χ1v) is 7.61. The summed E-state index contributed by atoms with van der Waals surface area (Å²) in [5, 5.41) is 0. The van der Waals surface area contributed by atoms with Gasteiger partial charge >= 0.3 is 5.97 Å². The van der Waals surface area contributed by atoms with Crippen LogP contribution in [0.5, 0.6) is 0 Å². The number of esters is 1. The van der Waals surface area contributed by atoms with Crippen LogP contribution in [0.3, 0.4) is 0 Å². The van der Waals surface area contributed by atoms with E-state index >= 15 is 0 Å². The van der Waals surface area contributed by atoms with Crippen LogP contribution in [-0.2, 0) is 4.74 Å². The van der Waals surface area contributed by atoms with E-state index in [-0.39, 0.29) is 0 Å². The first kappa shape index (κ1) is 15.4. The lowest BCUT2D eigenvalue weighted by atomic mass is 10.1. The minimum absolute atomic E-state index is 0.299. The Labute approximate surface area is 141 Å². The SMILES string of the molecule is COC(=O)c1cc(Br)cc(N2C(=O)c3ccccc3C2=O)c1C. The molecule has 0 N–H and O–H groups in total. The molecule has 0 atom stereocenters. The van der Waals surface area contributed by atoms with Crippen LogP contribution in [-0.4, -0.2) is 24.9 Å². The summed E-state index contributed by atoms with van der Waals surface area (Å²) in [6.07, 6.45) is 0. The maximum atomic E-state index is 12.6. The summed E-state index contributed by atoms with van der Waals surface area (Å²) >= 11 is 3.31. The second-order valence-electron chi connectivity index (χ2n) is 5.08. The summed E-state index contributed by atoms with van der Waals surface area (Å²) in [5.74, 6) is -1.33. The molecule has 0 unspecified atom stereocenters. The molecule has 6 heteroatoms. The summed E-state index contributed by atoms with van der Waals surface area (Å²) in [4.78, 5) is 38.2. The molecule has 1 heterocycles. The van der Waals surface area contributed by atoms with Crippen molar-refractivity contribution >= 4 is 39.4 Å². The lowest BCUT2D eigenvalue weighted by Gasteiger charge is -2.19. The average Bonchev–Trinajstić information content (AvgIpc) is 2.80. The highest BCUT2D eigenvalue weighted by Gasteiger charge is 2.37. The zero-order valence-electron chi connectivity index (χ0n) is 12.4. The van der Waals surface area contributed by atoms with E-state index in [1.54, 1.807) is 43.3 Å². The number of halogens is 1. The van der Waals surface area contributed by atoms with Crippen LogP contribution >= 0.6 is 15.9 Å². The molecule has 5 nitrogen and oxygen atoms in total. The van der Waals surface area contributed by atoms with Crippen LogP contribution in [0.2, 0.25) is 0 Å². The molecule has 0 bridgehead atoms. The van der Waals surface area contributed by atoms with E-state index in [1.165, 1.54) is 7.11 Å². The zero-order valence-corrected chi connectivity index (χ0v) is 14.0. The highest BCUT2D eigenvalue weighted by Crippen LogP contribution is 2.34. The fraction of sp³-hybridized carbons (Fsp3) is 0.118. The number of methoxy groups -OCH3 is 1. The number of benzene rings is 2. The van der Waals surface area contributed by atoms with Crippen LogP contribution in [0.4, 0.5) is 5.69 Å². The van der Waals surface area contributed by atoms with E-state index in [0.717, 1.165) is 4.90 Å². The second-order valence-corrected chi connectivity index (χ2v) is 6.00. The van der Waals surface area contributed by atoms with Crippen molar-refractivity contribution in [3.05, 3.63) is 63.1 Å². The fourth-order valence-corrected chi connectivity index (χ4v) is 3.07. The molecule has 116 valence electrons. The van der Waals surface area contributed by atoms with Gasteiger partial charge in [-0.25, -0.2) is 9.69 Å². The highest BCUT2D eigenvalue weighted by molar-refractivity contribution is 9.10. The van der Waals surface area contributed by atoms with Crippen LogP contribution in [0.25, 0.3) is 0 Å². The van der Waals surface area contributed by atoms with Crippen LogP contribution in [0.15, 0.2) is 40.9 Å². The molecular formula is C17H12BrNO4. The van der Waals surface area contributed by atoms with Crippen LogP contribution < -0.4 is 4.90 Å². The van der Waals surface area contributed by atoms with Gasteiger partial charge in [0.05, 0.1) is 29.5 Å². The van der Waals surface area contributed by atoms with E-state index in [9.17, 15) is 14.4 Å². The Morgan fingerprint density at radius 3 is 2.17 bits per heavy atom. The number of hydrogen-bond donors (Lipinski definition) is 0. The molecular weight excluding hydrogens is 362 g/mol. The van der Waals surface area contributed by atoms with Crippen molar-refractivity contribution in [2.75, 3.05) is 12.0 Å². The van der Waals surface area contributed by atoms with Crippen molar-refractivity contribution in [3.63, 3.8) is 0 Å². The summed E-state index contributed by atoms with van der Waals surface area (Å²) in [5.41, 5.74) is 1.89. The number of fused-ring (bicyclic) bond motifs is 1. The first-order valence-electron chi connectivity index (χ1n) is 6.82. The van der Waals surface area contributed by atoms with Gasteiger partial charge < -0.3 is 4.74 Å². The van der Waals surface area contributed by atoms with Gasteiger partial charge in [-0.3, -0.25) is 9.59 Å². The Morgan fingerprint density at radius 1 is 1.09 bits per heavy atom. The fourth-order valence-electron chi connectivity index (χ4n) is 2.63. The van der Waals surface area contributed by atoms with Crippen LogP contribution in [0, 0.1) is 6.92 Å². The van der Waals surface area contributed by atoms with Gasteiger partial charge in [0.25, 0.3) is 11.8 Å². The van der Waals surface area contributed by atoms with E-state index in [0.29, 0.717) is 32.4 Å². The molecule has 0 fully saturated rings. The van der Waals surface area contributed by atoms with Gasteiger partial charge in [-0.1, -0.05) is 28.1 Å². The van der Waals surface area contributed by atoms with Crippen molar-refractivity contribution in [1.29, 1.82) is 0 Å². The van der Waals surface area contributed by atoms with Gasteiger partial charge in [-0.15, -0.1) is 0 Å². The lowest BCUT2D eigenvalue weighted by molar-refractivity contribution is 0.0599. The van der Waals surface area contributed by atoms with Crippen LogP contribution in [0.1, 0.15) is 36.6 Å². The van der Waals surface area contributed by atoms with Gasteiger partial charge in [0, 0.05) is 4.47 Å². The summed E-state index contributed by atoms with van der Waals surface area (Å²) in [7, 11) is 1.28. The minimum Gasteiger partial charge on any atom is -0.465 e. The average molecular weight is 374 g/mol. The number of anilines is 1. The number of imide groups is 1. The van der Waals surface area contributed by atoms with Gasteiger partial charge in [0.15, 0.2) is 0 Å². The Kier molecular flexibility index (Phi) is 3.77. The third-order valence-electron chi connectivity index (χ3n) is 3.79. The van der Waals surface area contributed by atoms with Crippen molar-refractivity contribution in [1.82, 2.24) is 0 Å². The first-order chi connectivity index (χ1) is 11.0. The molecule has 0 saturated heterocycles. The van der Waals surface area contributed by atoms with Crippen molar-refractivity contribution in [2.24, 2.45) is 0 Å². The summed E-state index contributed by atoms with van der Waals surface area (Å²) < 4.78 is 5.34. The number of nitrogens with zero attached hydrogens (tertiary/aromatic N) is 1. The molecule has 1 aliphatic rings. The number of ether oxygens (including phenoxy) is 1. The Hall–Kier alpha value is -2.47. The van der Waals surface area contributed by atoms with Crippen molar-refractivity contribution in [3.8, 4) is 0 Å². The quantitative estimate of drug-likeness (QED) is 0.598. The Bertz CT molecular complexity index is 825. The maximum absolute atomic E-state index is 12.6. The predicted molar refractivity (Wildman–Crippen MR) is 87.8 cm³/mol. The largest absolute Gasteiger partial charge is 0.465 e. The number of carbonyl (C=O) groups excluding carboxylic acids is 3. The Balaban J connectivity index is 2.18. The molecule has 0 saturated carbocycles. The Morgan fingerprint density at radius 2 is 1.65 bits per heavy atom. The lowest BCUT2D eigenvalue weighted by Crippen LogP contribution is -2.30. The number of carbonyl (C=O) groups is 3. The highest BCUT2D eigenvalue weighted by atomic mass is 79.9. The summed E-state index contributed by atoms with van der Waals surface area (Å²) in [6, 6.07) is 9.89. The molecule has 0 aliphatic carbocycles. The monoisotopic (exact) mass is 373 g/mol. The van der Waals surface area contributed by atoms with E-state index in [1.807, 2.05) is 0 Å². The molecule has 2 amide bonds. The van der Waals surface area contributed by atoms with Crippen molar-refractivity contribution in [2.45, 2.75) is 6.92 Å². The molecule has 0 radical (unpaired) electrons. The molecule has 2 aromatic carbocycles. The van der Waals surface area contributed by atoms with E-state index in [2.05, 4.69) is 15.9 Å². The van der Waals surface area contributed by atoms with Crippen molar-refractivity contribution < 1.29 is 19.1 Å². The number of hydrogen-bond acceptors (Lipinski definition) is 4. The summed E-state index contributed by atoms with van der Waals surface area (Å²) in [6.45, 7) is 1.68. The maximum Gasteiger partial charge on any atom is 0.338 e. The van der Waals surface area contributed by atoms with E-state index < -0.39 is 17.8 Å². The standard InChI is InChI=1S/C17H12BrNO4/c1-9-13(17(22)23-2)7-10(18)8-14(9)19-15(20)11-5-3-4-6-12(11)16(19)21/h3-8H,1-2H3. The molecule has 1 aliphatic heterocycles. The minimum atomic E-state index is -0.526. The smallest absolute Gasteiger partial charge is 0.338 e. The van der Waals surface area contributed by atoms with E-state index in [4.69, 9.17) is 4.74 Å². The van der Waals surface area contributed by atoms with Gasteiger partial charge in [0.1, 0.15) is 0 Å². The van der Waals surface area contributed by atoms with Gasteiger partial charge in [0.2, 0.25) is 0 Å². The molecule has 0 spiro atoms. The molecule has 3 rings (SSSR count). The molecule has 0 aromatic heterocycles. The third-order valence-corrected chi connectivity index (χ3v) is 4.24. The topological polar surface area (TPSA) is 63.7 Å². The number of rotatable bonds is 2. The number of amides is 2. The zero-order chi connectivity index (χ0) is 16.7.